The molecule has 2 aromatic rings. The molecular weight excluding hydrogens is 358 g/mol. The number of piperidine rings is 1. The minimum atomic E-state index is 0.0514. The van der Waals surface area contributed by atoms with E-state index in [1.54, 1.807) is 6.07 Å². The summed E-state index contributed by atoms with van der Waals surface area (Å²) in [5.74, 6) is 0.680. The molecule has 1 saturated heterocycles. The van der Waals surface area contributed by atoms with Gasteiger partial charge in [0.2, 0.25) is 5.91 Å². The molecule has 0 radical (unpaired) electrons. The summed E-state index contributed by atoms with van der Waals surface area (Å²) in [6.45, 7) is 4.51. The molecule has 1 fully saturated rings. The summed E-state index contributed by atoms with van der Waals surface area (Å²) in [4.78, 5) is 19.0. The second kappa shape index (κ2) is 9.86. The van der Waals surface area contributed by atoms with E-state index in [1.165, 1.54) is 5.56 Å². The van der Waals surface area contributed by atoms with E-state index in [0.717, 1.165) is 38.8 Å². The molecule has 144 valence electrons. The maximum Gasteiger partial charge on any atom is 0.224 e. The van der Waals surface area contributed by atoms with Crippen molar-refractivity contribution in [3.05, 3.63) is 59.4 Å². The lowest BCUT2D eigenvalue weighted by Gasteiger charge is -2.36. The van der Waals surface area contributed by atoms with Crippen LogP contribution in [-0.2, 0) is 11.2 Å². The Hall–Kier alpha value is -1.91. The quantitative estimate of drug-likeness (QED) is 0.744. The number of nitrogens with one attached hydrogen (secondary N) is 1. The van der Waals surface area contributed by atoms with E-state index >= 15 is 0 Å². The molecule has 3 rings (SSSR count). The highest BCUT2D eigenvalue weighted by Gasteiger charge is 2.23. The molecular formula is C22H28ClN3O. The maximum atomic E-state index is 12.2. The Kier molecular flexibility index (Phi) is 7.25. The first-order valence-electron chi connectivity index (χ1n) is 9.79. The number of carbonyl (C=O) groups is 1. The van der Waals surface area contributed by atoms with Crippen molar-refractivity contribution >= 4 is 23.2 Å². The fraction of sp³-hybridized carbons (Fsp3) is 0.455. The van der Waals surface area contributed by atoms with Crippen LogP contribution in [0.4, 0.5) is 5.69 Å². The number of amides is 1. The fourth-order valence-corrected chi connectivity index (χ4v) is 3.96. The Morgan fingerprint density at radius 3 is 2.74 bits per heavy atom. The zero-order chi connectivity index (χ0) is 19.1. The molecule has 1 N–H and O–H groups in total. The number of anilines is 1. The molecule has 1 aliphatic rings. The molecule has 2 heterocycles. The van der Waals surface area contributed by atoms with Crippen LogP contribution in [0.3, 0.4) is 0 Å². The van der Waals surface area contributed by atoms with Gasteiger partial charge in [0.25, 0.3) is 0 Å². The molecule has 0 bridgehead atoms. The van der Waals surface area contributed by atoms with Crippen molar-refractivity contribution in [2.45, 2.75) is 45.1 Å². The van der Waals surface area contributed by atoms with Gasteiger partial charge in [-0.15, -0.1) is 0 Å². The molecule has 0 unspecified atom stereocenters. The van der Waals surface area contributed by atoms with Gasteiger partial charge in [-0.2, -0.15) is 0 Å². The molecule has 1 amide bonds. The van der Waals surface area contributed by atoms with E-state index in [-0.39, 0.29) is 5.91 Å². The Morgan fingerprint density at radius 2 is 2.04 bits per heavy atom. The first-order chi connectivity index (χ1) is 13.1. The van der Waals surface area contributed by atoms with Crippen LogP contribution in [0, 0.1) is 5.92 Å². The van der Waals surface area contributed by atoms with E-state index in [0.29, 0.717) is 29.1 Å². The summed E-state index contributed by atoms with van der Waals surface area (Å²) >= 11 is 6.10. The van der Waals surface area contributed by atoms with E-state index in [9.17, 15) is 4.79 Å². The van der Waals surface area contributed by atoms with Crippen molar-refractivity contribution in [2.75, 3.05) is 18.4 Å². The Labute approximate surface area is 166 Å². The van der Waals surface area contributed by atoms with Gasteiger partial charge < -0.3 is 10.2 Å². The molecule has 1 aromatic carbocycles. The number of rotatable bonds is 7. The molecule has 0 aliphatic carbocycles. The number of aromatic nitrogens is 1. The standard InChI is InChI=1S/C22H28ClN3O/c1-17(15-19-5-4-12-24-16-19)26-13-10-18(11-14-26)8-9-22(27)25-21-7-3-2-6-20(21)23/h2-7,12,16-18H,8-11,13-15H2,1H3,(H,25,27)/t17-/m0/s1. The number of benzene rings is 1. The summed E-state index contributed by atoms with van der Waals surface area (Å²) in [7, 11) is 0. The Morgan fingerprint density at radius 1 is 1.26 bits per heavy atom. The average molecular weight is 386 g/mol. The molecule has 0 spiro atoms. The second-order valence-electron chi connectivity index (χ2n) is 7.46. The minimum Gasteiger partial charge on any atom is -0.325 e. The van der Waals surface area contributed by atoms with Gasteiger partial charge in [0.1, 0.15) is 0 Å². The molecule has 0 saturated carbocycles. The van der Waals surface area contributed by atoms with Crippen LogP contribution in [0.25, 0.3) is 0 Å². The summed E-state index contributed by atoms with van der Waals surface area (Å²) in [5, 5.41) is 3.50. The lowest BCUT2D eigenvalue weighted by molar-refractivity contribution is -0.116. The van der Waals surface area contributed by atoms with Crippen molar-refractivity contribution in [2.24, 2.45) is 5.92 Å². The van der Waals surface area contributed by atoms with Gasteiger partial charge in [0, 0.05) is 24.9 Å². The fourth-order valence-electron chi connectivity index (χ4n) is 3.78. The number of nitrogens with zero attached hydrogens (tertiary/aromatic N) is 2. The van der Waals surface area contributed by atoms with Crippen LogP contribution < -0.4 is 5.32 Å². The van der Waals surface area contributed by atoms with Gasteiger partial charge in [-0.25, -0.2) is 0 Å². The number of para-hydroxylation sites is 1. The number of pyridine rings is 1. The monoisotopic (exact) mass is 385 g/mol. The number of likely N-dealkylation sites (tertiary alicyclic amines) is 1. The van der Waals surface area contributed by atoms with Gasteiger partial charge in [0.05, 0.1) is 10.7 Å². The largest absolute Gasteiger partial charge is 0.325 e. The minimum absolute atomic E-state index is 0.0514. The van der Waals surface area contributed by atoms with Crippen molar-refractivity contribution in [3.8, 4) is 0 Å². The molecule has 1 aromatic heterocycles. The van der Waals surface area contributed by atoms with Crippen LogP contribution in [0.2, 0.25) is 5.02 Å². The highest BCUT2D eigenvalue weighted by Crippen LogP contribution is 2.25. The number of hydrogen-bond donors (Lipinski definition) is 1. The van der Waals surface area contributed by atoms with Gasteiger partial charge in [-0.1, -0.05) is 29.8 Å². The van der Waals surface area contributed by atoms with Crippen molar-refractivity contribution in [1.82, 2.24) is 9.88 Å². The van der Waals surface area contributed by atoms with Crippen LogP contribution in [-0.4, -0.2) is 34.9 Å². The van der Waals surface area contributed by atoms with Crippen LogP contribution >= 0.6 is 11.6 Å². The summed E-state index contributed by atoms with van der Waals surface area (Å²) in [5.41, 5.74) is 1.99. The van der Waals surface area contributed by atoms with Crippen molar-refractivity contribution in [1.29, 1.82) is 0 Å². The summed E-state index contributed by atoms with van der Waals surface area (Å²) in [6.07, 6.45) is 8.65. The molecule has 5 heteroatoms. The Bertz CT molecular complexity index is 729. The molecule has 4 nitrogen and oxygen atoms in total. The van der Waals surface area contributed by atoms with Crippen LogP contribution in [0.5, 0.6) is 0 Å². The maximum absolute atomic E-state index is 12.2. The highest BCUT2D eigenvalue weighted by molar-refractivity contribution is 6.33. The third-order valence-corrected chi connectivity index (χ3v) is 5.78. The second-order valence-corrected chi connectivity index (χ2v) is 7.87. The van der Waals surface area contributed by atoms with E-state index < -0.39 is 0 Å². The van der Waals surface area contributed by atoms with Gasteiger partial charge in [0.15, 0.2) is 0 Å². The number of carbonyl (C=O) groups excluding carboxylic acids is 1. The van der Waals surface area contributed by atoms with Crippen molar-refractivity contribution < 1.29 is 4.79 Å². The normalized spacial score (nSPS) is 16.8. The first-order valence-corrected chi connectivity index (χ1v) is 10.2. The summed E-state index contributed by atoms with van der Waals surface area (Å²) in [6, 6.07) is 12.0. The zero-order valence-corrected chi connectivity index (χ0v) is 16.7. The third-order valence-electron chi connectivity index (χ3n) is 5.45. The van der Waals surface area contributed by atoms with Gasteiger partial charge in [-0.3, -0.25) is 9.78 Å². The molecule has 1 atom stereocenters. The highest BCUT2D eigenvalue weighted by atomic mass is 35.5. The third kappa shape index (κ3) is 6.05. The van der Waals surface area contributed by atoms with E-state index in [4.69, 9.17) is 11.6 Å². The van der Waals surface area contributed by atoms with E-state index in [1.807, 2.05) is 36.7 Å². The Balaban J connectivity index is 1.38. The number of hydrogen-bond acceptors (Lipinski definition) is 3. The van der Waals surface area contributed by atoms with Crippen LogP contribution in [0.15, 0.2) is 48.8 Å². The summed E-state index contributed by atoms with van der Waals surface area (Å²) < 4.78 is 0. The van der Waals surface area contributed by atoms with Crippen molar-refractivity contribution in [3.63, 3.8) is 0 Å². The average Bonchev–Trinajstić information content (AvgIpc) is 2.69. The van der Waals surface area contributed by atoms with Gasteiger partial charge >= 0.3 is 0 Å². The smallest absolute Gasteiger partial charge is 0.224 e. The SMILES string of the molecule is C[C@@H](Cc1cccnc1)N1CCC(CCC(=O)Nc2ccccc2Cl)CC1. The topological polar surface area (TPSA) is 45.2 Å². The molecule has 1 aliphatic heterocycles. The predicted molar refractivity (Wildman–Crippen MR) is 111 cm³/mol. The first kappa shape index (κ1) is 19.8. The predicted octanol–water partition coefficient (Wildman–Crippen LogP) is 4.80. The van der Waals surface area contributed by atoms with Gasteiger partial charge in [-0.05, 0) is 75.4 Å². The lowest BCUT2D eigenvalue weighted by atomic mass is 9.91. The molecule has 27 heavy (non-hydrogen) atoms. The van der Waals surface area contributed by atoms with E-state index in [2.05, 4.69) is 28.2 Å². The number of halogens is 1. The van der Waals surface area contributed by atoms with Crippen LogP contribution in [0.1, 0.15) is 38.2 Å². The lowest BCUT2D eigenvalue weighted by Crippen LogP contribution is -2.41. The zero-order valence-electron chi connectivity index (χ0n) is 15.9.